The Kier molecular flexibility index (Phi) is 19.9. The average molecular weight is 1600 g/mol. The fraction of sp³-hybridized carbons (Fsp3) is 0. The van der Waals surface area contributed by atoms with Crippen LogP contribution in [0.15, 0.2) is 467 Å². The van der Waals surface area contributed by atoms with Crippen molar-refractivity contribution >= 4 is 97.0 Å². The lowest BCUT2D eigenvalue weighted by atomic mass is 9.90. The Morgan fingerprint density at radius 2 is 0.278 bits per heavy atom. The molecule has 0 aliphatic heterocycles. The molecular formula is C119H77N7. The van der Waals surface area contributed by atoms with E-state index in [-0.39, 0.29) is 0 Å². The van der Waals surface area contributed by atoms with Crippen molar-refractivity contribution in [3.05, 3.63) is 467 Å². The summed E-state index contributed by atoms with van der Waals surface area (Å²) in [6.45, 7) is 0. The predicted octanol–water partition coefficient (Wildman–Crippen LogP) is 31.2. The monoisotopic (exact) mass is 1600 g/mol. The Morgan fingerprint density at radius 3 is 0.571 bits per heavy atom. The number of aromatic nitrogens is 7. The van der Waals surface area contributed by atoms with E-state index in [9.17, 15) is 0 Å². The van der Waals surface area contributed by atoms with Gasteiger partial charge < -0.3 is 0 Å². The van der Waals surface area contributed by atoms with Gasteiger partial charge in [-0.3, -0.25) is 0 Å². The van der Waals surface area contributed by atoms with Crippen molar-refractivity contribution < 1.29 is 0 Å². The number of fused-ring (bicyclic) bond motifs is 18. The van der Waals surface area contributed by atoms with Gasteiger partial charge in [0, 0.05) is 50.1 Å². The zero-order valence-corrected chi connectivity index (χ0v) is 68.6. The predicted molar refractivity (Wildman–Crippen MR) is 527 cm³/mol. The summed E-state index contributed by atoms with van der Waals surface area (Å²) < 4.78 is 0. The van der Waals surface area contributed by atoms with Crippen LogP contribution in [0.5, 0.6) is 0 Å². The van der Waals surface area contributed by atoms with Crippen LogP contribution in [-0.4, -0.2) is 34.9 Å². The molecule has 3 heterocycles. The van der Waals surface area contributed by atoms with E-state index in [0.717, 1.165) is 106 Å². The minimum absolute atomic E-state index is 0.654. The lowest BCUT2D eigenvalue weighted by Gasteiger charge is -2.15. The fourth-order valence-electron chi connectivity index (χ4n) is 18.1. The molecule has 21 aromatic carbocycles. The van der Waals surface area contributed by atoms with Gasteiger partial charge >= 0.3 is 0 Å². The SMILES string of the molecule is c1ccc(-c2cc(-c3ccccc3)nc(-c3ccccc3-c3ccc4c5ccccc5c5ccccc5c4c3)n2)cc1.c1ccc(-c2cc(-c3ccccc3-c3ccc4c5ccccc5c5ccccc5c4c3)nc(-c3ccccc3)n2)cc1.c1ccc(-c2nc(-c3ccccc3)nc(-c3ccccc3-c3ccc4c5ccccc5c5ccccc5c4c3)n2)cc1. The van der Waals surface area contributed by atoms with Gasteiger partial charge in [-0.2, -0.15) is 0 Å². The molecule has 0 saturated heterocycles. The molecule has 7 nitrogen and oxygen atoms in total. The maximum absolute atomic E-state index is 5.13. The minimum Gasteiger partial charge on any atom is -0.228 e. The van der Waals surface area contributed by atoms with E-state index in [1.807, 2.05) is 97.1 Å². The van der Waals surface area contributed by atoms with Gasteiger partial charge in [-0.25, -0.2) is 34.9 Å². The average Bonchev–Trinajstić information content (AvgIpc) is 0.748. The molecule has 24 aromatic rings. The van der Waals surface area contributed by atoms with E-state index < -0.39 is 0 Å². The second-order valence-electron chi connectivity index (χ2n) is 31.6. The topological polar surface area (TPSA) is 90.2 Å². The van der Waals surface area contributed by atoms with Gasteiger partial charge in [0.2, 0.25) is 0 Å². The van der Waals surface area contributed by atoms with Crippen LogP contribution in [0.1, 0.15) is 0 Å². The normalized spacial score (nSPS) is 11.3. The summed E-state index contributed by atoms with van der Waals surface area (Å²) >= 11 is 0. The second kappa shape index (κ2) is 33.3. The van der Waals surface area contributed by atoms with E-state index in [4.69, 9.17) is 34.9 Å². The molecule has 0 fully saturated rings. The highest BCUT2D eigenvalue weighted by Crippen LogP contribution is 2.45. The summed E-state index contributed by atoms with van der Waals surface area (Å²) in [5.41, 5.74) is 19.6. The quantitative estimate of drug-likeness (QED) is 0.113. The van der Waals surface area contributed by atoms with Gasteiger partial charge in [-0.1, -0.05) is 437 Å². The molecule has 7 heteroatoms. The van der Waals surface area contributed by atoms with Crippen molar-refractivity contribution in [1.29, 1.82) is 0 Å². The third kappa shape index (κ3) is 14.4. The van der Waals surface area contributed by atoms with E-state index in [2.05, 4.69) is 370 Å². The van der Waals surface area contributed by atoms with Crippen LogP contribution in [0.3, 0.4) is 0 Å². The molecule has 588 valence electrons. The molecule has 0 unspecified atom stereocenters. The molecule has 0 spiro atoms. The third-order valence-electron chi connectivity index (χ3n) is 24.1. The van der Waals surface area contributed by atoms with E-state index in [1.54, 1.807) is 0 Å². The van der Waals surface area contributed by atoms with Crippen molar-refractivity contribution in [2.75, 3.05) is 0 Å². The first kappa shape index (κ1) is 75.3. The molecule has 0 atom stereocenters. The third-order valence-corrected chi connectivity index (χ3v) is 24.1. The summed E-state index contributed by atoms with van der Waals surface area (Å²) in [5.74, 6) is 3.41. The molecule has 0 radical (unpaired) electrons. The number of hydrogen-bond donors (Lipinski definition) is 0. The highest BCUT2D eigenvalue weighted by molar-refractivity contribution is 6.28. The van der Waals surface area contributed by atoms with E-state index >= 15 is 0 Å². The van der Waals surface area contributed by atoms with Gasteiger partial charge in [0.25, 0.3) is 0 Å². The minimum atomic E-state index is 0.654. The van der Waals surface area contributed by atoms with Crippen molar-refractivity contribution in [2.24, 2.45) is 0 Å². The molecule has 0 amide bonds. The Labute approximate surface area is 729 Å². The molecule has 24 rings (SSSR count). The Bertz CT molecular complexity index is 7200. The molecule has 0 bridgehead atoms. The number of rotatable bonds is 12. The number of benzene rings is 21. The van der Waals surface area contributed by atoms with Gasteiger partial charge in [-0.05, 0) is 161 Å². The van der Waals surface area contributed by atoms with Crippen LogP contribution < -0.4 is 0 Å². The van der Waals surface area contributed by atoms with Crippen molar-refractivity contribution in [1.82, 2.24) is 34.9 Å². The first-order valence-electron chi connectivity index (χ1n) is 42.7. The van der Waals surface area contributed by atoms with Gasteiger partial charge in [0.1, 0.15) is 0 Å². The van der Waals surface area contributed by atoms with Crippen LogP contribution in [-0.2, 0) is 0 Å². The van der Waals surface area contributed by atoms with E-state index in [1.165, 1.54) is 103 Å². The number of nitrogens with zero attached hydrogens (tertiary/aromatic N) is 7. The molecule has 0 aliphatic rings. The Balaban J connectivity index is 0.000000112. The maximum atomic E-state index is 5.13. The van der Waals surface area contributed by atoms with Crippen molar-refractivity contribution in [3.8, 4) is 135 Å². The Hall–Kier alpha value is -16.9. The van der Waals surface area contributed by atoms with Crippen LogP contribution in [0, 0.1) is 0 Å². The summed E-state index contributed by atoms with van der Waals surface area (Å²) in [7, 11) is 0. The molecule has 126 heavy (non-hydrogen) atoms. The first-order chi connectivity index (χ1) is 62.5. The lowest BCUT2D eigenvalue weighted by Crippen LogP contribution is -2.01. The Morgan fingerprint density at radius 1 is 0.0952 bits per heavy atom. The summed E-state index contributed by atoms with van der Waals surface area (Å²) in [4.78, 5) is 35.3. The first-order valence-corrected chi connectivity index (χ1v) is 42.7. The summed E-state index contributed by atoms with van der Waals surface area (Å²) in [5, 5.41) is 22.8. The highest BCUT2D eigenvalue weighted by atomic mass is 15.0. The standard InChI is InChI=1S/2C40H26N2.C39H25N3/c1-3-13-27(14-4-1)38-26-39(42-40(41-38)28-15-5-2-6-16-28)36-22-12-7-17-30(36)29-23-24-35-33-20-9-8-18-31(33)32-19-10-11-21-34(32)37(35)25-29;1-3-13-27(14-4-1)38-26-39(28-15-5-2-6-16-28)42-40(41-38)36-22-12-7-17-30(36)29-23-24-35-33-20-9-8-18-31(33)32-19-10-11-21-34(32)37(35)25-29;1-3-13-26(14-4-1)37-40-38(27-15-5-2-6-16-27)42-39(41-37)35-22-12-7-17-29(35)28-23-24-34-32-20-9-8-18-30(32)31-19-10-11-21-33(31)36(34)25-28/h2*1-26H;1-25H. The van der Waals surface area contributed by atoms with Crippen molar-refractivity contribution in [2.45, 2.75) is 0 Å². The lowest BCUT2D eigenvalue weighted by molar-refractivity contribution is 1.07. The van der Waals surface area contributed by atoms with Crippen LogP contribution in [0.25, 0.3) is 232 Å². The second-order valence-corrected chi connectivity index (χ2v) is 31.6. The molecular weight excluding hydrogens is 1530 g/mol. The van der Waals surface area contributed by atoms with E-state index in [0.29, 0.717) is 23.3 Å². The fourth-order valence-corrected chi connectivity index (χ4v) is 18.1. The molecule has 0 aliphatic carbocycles. The van der Waals surface area contributed by atoms with Crippen LogP contribution >= 0.6 is 0 Å². The highest BCUT2D eigenvalue weighted by Gasteiger charge is 2.22. The maximum Gasteiger partial charge on any atom is 0.164 e. The number of hydrogen-bond acceptors (Lipinski definition) is 7. The smallest absolute Gasteiger partial charge is 0.164 e. The van der Waals surface area contributed by atoms with Crippen LogP contribution in [0.4, 0.5) is 0 Å². The largest absolute Gasteiger partial charge is 0.228 e. The van der Waals surface area contributed by atoms with Gasteiger partial charge in [0.05, 0.1) is 22.8 Å². The summed E-state index contributed by atoms with van der Waals surface area (Å²) in [6.07, 6.45) is 0. The molecule has 0 N–H and O–H groups in total. The van der Waals surface area contributed by atoms with Crippen molar-refractivity contribution in [3.63, 3.8) is 0 Å². The summed E-state index contributed by atoms with van der Waals surface area (Å²) in [6, 6.07) is 164. The molecule has 0 saturated carbocycles. The van der Waals surface area contributed by atoms with Gasteiger partial charge in [-0.15, -0.1) is 0 Å². The van der Waals surface area contributed by atoms with Crippen LogP contribution in [0.2, 0.25) is 0 Å². The zero-order chi connectivity index (χ0) is 83.6. The zero-order valence-electron chi connectivity index (χ0n) is 68.6. The van der Waals surface area contributed by atoms with Gasteiger partial charge in [0.15, 0.2) is 29.1 Å². The molecule has 3 aromatic heterocycles.